The Hall–Kier alpha value is -1.32. The molecule has 0 saturated heterocycles. The van der Waals surface area contributed by atoms with Crippen molar-refractivity contribution in [1.29, 1.82) is 0 Å². The minimum atomic E-state index is -0.0275. The van der Waals surface area contributed by atoms with Crippen LogP contribution in [0.15, 0.2) is 36.4 Å². The Bertz CT molecular complexity index is 396. The molecule has 19 heavy (non-hydrogen) atoms. The molecule has 1 aromatic carbocycles. The van der Waals surface area contributed by atoms with Crippen LogP contribution in [0.2, 0.25) is 0 Å². The average Bonchev–Trinajstić information content (AvgIpc) is 2.32. The van der Waals surface area contributed by atoms with E-state index in [2.05, 4.69) is 26.5 Å². The maximum Gasteiger partial charge on any atom is 0.244 e. The highest BCUT2D eigenvalue weighted by molar-refractivity contribution is 5.91. The van der Waals surface area contributed by atoms with Crippen LogP contribution < -0.4 is 17.7 Å². The molecule has 3 nitrogen and oxygen atoms in total. The molecule has 0 heterocycles. The lowest BCUT2D eigenvalue weighted by Crippen LogP contribution is -3.00. The summed E-state index contributed by atoms with van der Waals surface area (Å²) in [5.74, 6) is -0.0275. The Labute approximate surface area is 122 Å². The van der Waals surface area contributed by atoms with E-state index in [-0.39, 0.29) is 18.3 Å². The molecule has 1 aromatic rings. The number of carbonyl (C=O) groups is 1. The van der Waals surface area contributed by atoms with E-state index < -0.39 is 0 Å². The summed E-state index contributed by atoms with van der Waals surface area (Å²) < 4.78 is 0.926. The van der Waals surface area contributed by atoms with Gasteiger partial charge in [-0.25, -0.2) is 0 Å². The summed E-state index contributed by atoms with van der Waals surface area (Å²) in [5, 5.41) is 2.89. The number of amides is 1. The van der Waals surface area contributed by atoms with Crippen LogP contribution in [0.5, 0.6) is 0 Å². The van der Waals surface area contributed by atoms with E-state index in [1.165, 1.54) is 0 Å². The number of benzene rings is 1. The lowest BCUT2D eigenvalue weighted by molar-refractivity contribution is -0.870. The zero-order chi connectivity index (χ0) is 13.4. The molecular formula is C15H23ClN2O. The Morgan fingerprint density at radius 2 is 1.84 bits per heavy atom. The number of nitrogens with one attached hydrogen (secondary N) is 1. The summed E-state index contributed by atoms with van der Waals surface area (Å²) in [5.41, 5.74) is 1.04. The predicted molar refractivity (Wildman–Crippen MR) is 76.0 cm³/mol. The van der Waals surface area contributed by atoms with Crippen LogP contribution in [0.4, 0.5) is 0 Å². The summed E-state index contributed by atoms with van der Waals surface area (Å²) in [4.78, 5) is 11.5. The van der Waals surface area contributed by atoms with Crippen molar-refractivity contribution in [2.45, 2.75) is 6.42 Å². The van der Waals surface area contributed by atoms with E-state index in [0.29, 0.717) is 0 Å². The third-order valence-electron chi connectivity index (χ3n) is 2.53. The van der Waals surface area contributed by atoms with Crippen LogP contribution in [-0.4, -0.2) is 44.6 Å². The molecule has 0 aliphatic heterocycles. The molecule has 0 aliphatic rings. The lowest BCUT2D eigenvalue weighted by atomic mass is 10.2. The van der Waals surface area contributed by atoms with Gasteiger partial charge in [-0.05, 0) is 11.6 Å². The molecule has 0 fully saturated rings. The topological polar surface area (TPSA) is 29.1 Å². The van der Waals surface area contributed by atoms with Gasteiger partial charge in [-0.2, -0.15) is 0 Å². The number of halogens is 1. The van der Waals surface area contributed by atoms with Crippen LogP contribution in [0, 0.1) is 0 Å². The average molecular weight is 283 g/mol. The summed E-state index contributed by atoms with van der Waals surface area (Å²) in [6.45, 7) is 1.79. The Morgan fingerprint density at radius 1 is 1.21 bits per heavy atom. The second-order valence-corrected chi connectivity index (χ2v) is 5.40. The highest BCUT2D eigenvalue weighted by Gasteiger charge is 2.05. The molecule has 1 N–H and O–H groups in total. The van der Waals surface area contributed by atoms with Gasteiger partial charge in [0.15, 0.2) is 0 Å². The Kier molecular flexibility index (Phi) is 8.12. The van der Waals surface area contributed by atoms with Crippen molar-refractivity contribution in [2.24, 2.45) is 0 Å². The van der Waals surface area contributed by atoms with Crippen molar-refractivity contribution >= 4 is 12.0 Å². The summed E-state index contributed by atoms with van der Waals surface area (Å²) >= 11 is 0. The van der Waals surface area contributed by atoms with E-state index in [1.807, 2.05) is 36.4 Å². The number of hydrogen-bond donors (Lipinski definition) is 1. The molecule has 0 spiro atoms. The number of carbonyl (C=O) groups excluding carboxylic acids is 1. The van der Waals surface area contributed by atoms with E-state index in [0.717, 1.165) is 29.6 Å². The minimum absolute atomic E-state index is 0. The molecule has 1 amide bonds. The molecule has 0 saturated carbocycles. The SMILES string of the molecule is C[N+](C)(C)CCCNC(=O)/C=C/c1ccccc1.[Cl-]. The van der Waals surface area contributed by atoms with E-state index in [9.17, 15) is 4.79 Å². The zero-order valence-corrected chi connectivity index (χ0v) is 12.7. The molecule has 0 aromatic heterocycles. The van der Waals surface area contributed by atoms with Crippen molar-refractivity contribution in [3.05, 3.63) is 42.0 Å². The van der Waals surface area contributed by atoms with Gasteiger partial charge in [0, 0.05) is 19.0 Å². The Morgan fingerprint density at radius 3 is 2.42 bits per heavy atom. The fourth-order valence-electron chi connectivity index (χ4n) is 1.56. The van der Waals surface area contributed by atoms with Crippen LogP contribution >= 0.6 is 0 Å². The number of hydrogen-bond acceptors (Lipinski definition) is 1. The van der Waals surface area contributed by atoms with E-state index in [4.69, 9.17) is 0 Å². The molecule has 106 valence electrons. The maximum atomic E-state index is 11.5. The maximum absolute atomic E-state index is 11.5. The number of rotatable bonds is 6. The zero-order valence-electron chi connectivity index (χ0n) is 11.9. The fourth-order valence-corrected chi connectivity index (χ4v) is 1.56. The van der Waals surface area contributed by atoms with Gasteiger partial charge in [0.25, 0.3) is 0 Å². The number of nitrogens with zero attached hydrogens (tertiary/aromatic N) is 1. The van der Waals surface area contributed by atoms with Crippen molar-refractivity contribution in [3.63, 3.8) is 0 Å². The first-order chi connectivity index (χ1) is 8.47. The highest BCUT2D eigenvalue weighted by Crippen LogP contribution is 2.00. The first-order valence-corrected chi connectivity index (χ1v) is 6.29. The third kappa shape index (κ3) is 9.28. The largest absolute Gasteiger partial charge is 1.00 e. The monoisotopic (exact) mass is 282 g/mol. The van der Waals surface area contributed by atoms with Gasteiger partial charge in [0.1, 0.15) is 0 Å². The minimum Gasteiger partial charge on any atom is -1.00 e. The first kappa shape index (κ1) is 17.7. The molecule has 0 radical (unpaired) electrons. The van der Waals surface area contributed by atoms with Gasteiger partial charge < -0.3 is 22.2 Å². The van der Waals surface area contributed by atoms with Crippen molar-refractivity contribution < 1.29 is 21.7 Å². The van der Waals surface area contributed by atoms with E-state index in [1.54, 1.807) is 6.08 Å². The molecule has 0 aliphatic carbocycles. The smallest absolute Gasteiger partial charge is 0.244 e. The summed E-state index contributed by atoms with van der Waals surface area (Å²) in [7, 11) is 6.45. The summed E-state index contributed by atoms with van der Waals surface area (Å²) in [6.07, 6.45) is 4.41. The normalized spacial score (nSPS) is 11.1. The fraction of sp³-hybridized carbons (Fsp3) is 0.400. The molecular weight excluding hydrogens is 260 g/mol. The van der Waals surface area contributed by atoms with Gasteiger partial charge in [0.05, 0.1) is 27.7 Å². The molecule has 0 bridgehead atoms. The van der Waals surface area contributed by atoms with Crippen LogP contribution in [0.25, 0.3) is 6.08 Å². The molecule has 0 atom stereocenters. The van der Waals surface area contributed by atoms with Gasteiger partial charge in [-0.3, -0.25) is 4.79 Å². The summed E-state index contributed by atoms with van der Waals surface area (Å²) in [6, 6.07) is 9.82. The van der Waals surface area contributed by atoms with Gasteiger partial charge >= 0.3 is 0 Å². The van der Waals surface area contributed by atoms with Crippen LogP contribution in [0.1, 0.15) is 12.0 Å². The van der Waals surface area contributed by atoms with Gasteiger partial charge in [0.2, 0.25) is 5.91 Å². The second kappa shape index (κ2) is 8.73. The second-order valence-electron chi connectivity index (χ2n) is 5.40. The predicted octanol–water partition coefficient (Wildman–Crippen LogP) is -1.08. The number of quaternary nitrogens is 1. The quantitative estimate of drug-likeness (QED) is 0.401. The van der Waals surface area contributed by atoms with Crippen LogP contribution in [-0.2, 0) is 4.79 Å². The molecule has 1 rings (SSSR count). The van der Waals surface area contributed by atoms with Crippen molar-refractivity contribution in [3.8, 4) is 0 Å². The van der Waals surface area contributed by atoms with Gasteiger partial charge in [-0.15, -0.1) is 0 Å². The van der Waals surface area contributed by atoms with Gasteiger partial charge in [-0.1, -0.05) is 30.3 Å². The first-order valence-electron chi connectivity index (χ1n) is 6.29. The highest BCUT2D eigenvalue weighted by atomic mass is 35.5. The molecule has 0 unspecified atom stereocenters. The standard InChI is InChI=1S/C15H22N2O.ClH/c1-17(2,3)13-7-12-16-15(18)11-10-14-8-5-4-6-9-14;/h4-6,8-11H,7,12-13H2,1-3H3;1H/b11-10+;. The lowest BCUT2D eigenvalue weighted by Gasteiger charge is -2.23. The van der Waals surface area contributed by atoms with Crippen molar-refractivity contribution in [2.75, 3.05) is 34.2 Å². The van der Waals surface area contributed by atoms with Crippen LogP contribution in [0.3, 0.4) is 0 Å². The van der Waals surface area contributed by atoms with Crippen molar-refractivity contribution in [1.82, 2.24) is 5.32 Å². The third-order valence-corrected chi connectivity index (χ3v) is 2.53. The van der Waals surface area contributed by atoms with E-state index >= 15 is 0 Å². The Balaban J connectivity index is 0.00000324. The molecule has 4 heteroatoms.